The zero-order valence-corrected chi connectivity index (χ0v) is 9.80. The van der Waals surface area contributed by atoms with Crippen LogP contribution in [0.15, 0.2) is 24.3 Å². The van der Waals surface area contributed by atoms with Crippen molar-refractivity contribution in [1.29, 1.82) is 0 Å². The van der Waals surface area contributed by atoms with Crippen LogP contribution in [-0.2, 0) is 4.79 Å². The normalized spacial score (nSPS) is 20.4. The molecule has 1 aliphatic rings. The number of carbonyl (C=O) groups is 1. The van der Waals surface area contributed by atoms with E-state index in [-0.39, 0.29) is 16.9 Å². The van der Waals surface area contributed by atoms with Gasteiger partial charge < -0.3 is 10.4 Å². The largest absolute Gasteiger partial charge is 0.508 e. The van der Waals surface area contributed by atoms with Crippen molar-refractivity contribution < 1.29 is 9.90 Å². The fraction of sp³-hybridized carbons (Fsp3) is 0.417. The van der Waals surface area contributed by atoms with Gasteiger partial charge in [0, 0.05) is 11.8 Å². The van der Waals surface area contributed by atoms with E-state index in [1.54, 1.807) is 36.0 Å². The second kappa shape index (κ2) is 5.25. The summed E-state index contributed by atoms with van der Waals surface area (Å²) in [5, 5.41) is 12.2. The Morgan fingerprint density at radius 1 is 1.44 bits per heavy atom. The third-order valence-electron chi connectivity index (χ3n) is 2.59. The van der Waals surface area contributed by atoms with E-state index in [0.717, 1.165) is 18.6 Å². The van der Waals surface area contributed by atoms with Gasteiger partial charge in [-0.2, -0.15) is 0 Å². The van der Waals surface area contributed by atoms with E-state index in [9.17, 15) is 9.90 Å². The van der Waals surface area contributed by atoms with Crippen LogP contribution in [0.5, 0.6) is 5.75 Å². The van der Waals surface area contributed by atoms with Gasteiger partial charge in [0.1, 0.15) is 5.75 Å². The van der Waals surface area contributed by atoms with Gasteiger partial charge in [0.2, 0.25) is 5.91 Å². The molecule has 4 heteroatoms. The van der Waals surface area contributed by atoms with Gasteiger partial charge in [-0.05, 0) is 30.7 Å². The van der Waals surface area contributed by atoms with Crippen molar-refractivity contribution in [2.45, 2.75) is 24.5 Å². The van der Waals surface area contributed by atoms with Gasteiger partial charge in [-0.3, -0.25) is 4.79 Å². The smallest absolute Gasteiger partial charge is 0.237 e. The number of hydrogen-bond donors (Lipinski definition) is 2. The Hall–Kier alpha value is -1.16. The fourth-order valence-corrected chi connectivity index (χ4v) is 2.95. The van der Waals surface area contributed by atoms with Crippen LogP contribution in [0.2, 0.25) is 0 Å². The molecule has 0 spiro atoms. The number of thioether (sulfide) groups is 1. The number of hydrogen-bond acceptors (Lipinski definition) is 3. The third-order valence-corrected chi connectivity index (χ3v) is 3.96. The van der Waals surface area contributed by atoms with Crippen LogP contribution in [0.4, 0.5) is 5.69 Å². The van der Waals surface area contributed by atoms with E-state index in [1.165, 1.54) is 6.42 Å². The van der Waals surface area contributed by atoms with Crippen LogP contribution in [0.3, 0.4) is 0 Å². The van der Waals surface area contributed by atoms with Crippen molar-refractivity contribution in [3.63, 3.8) is 0 Å². The van der Waals surface area contributed by atoms with Gasteiger partial charge in [-0.25, -0.2) is 0 Å². The summed E-state index contributed by atoms with van der Waals surface area (Å²) in [5.41, 5.74) is 0.663. The predicted octanol–water partition coefficient (Wildman–Crippen LogP) is 2.62. The van der Waals surface area contributed by atoms with Crippen molar-refractivity contribution in [1.82, 2.24) is 0 Å². The lowest BCUT2D eigenvalue weighted by molar-refractivity contribution is -0.115. The first kappa shape index (κ1) is 11.3. The van der Waals surface area contributed by atoms with Gasteiger partial charge in [0.15, 0.2) is 0 Å². The highest BCUT2D eigenvalue weighted by atomic mass is 32.2. The minimum absolute atomic E-state index is 0.0512. The highest BCUT2D eigenvalue weighted by Crippen LogP contribution is 2.26. The third kappa shape index (κ3) is 2.92. The number of nitrogens with one attached hydrogen (secondary N) is 1. The molecule has 1 saturated heterocycles. The van der Waals surface area contributed by atoms with Gasteiger partial charge in [-0.15, -0.1) is 11.8 Å². The lowest BCUT2D eigenvalue weighted by Gasteiger charge is -2.20. The summed E-state index contributed by atoms with van der Waals surface area (Å²) in [6.45, 7) is 0. The molecule has 0 bridgehead atoms. The zero-order chi connectivity index (χ0) is 11.4. The number of phenolic OH excluding ortho intramolecular Hbond substituents is 1. The van der Waals surface area contributed by atoms with E-state index in [2.05, 4.69) is 5.32 Å². The first-order valence-electron chi connectivity index (χ1n) is 5.47. The standard InChI is InChI=1S/C12H15NO2S/c14-10-5-3-4-9(8-10)13-12(15)11-6-1-2-7-16-11/h3-5,8,11,14H,1-2,6-7H2,(H,13,15). The number of amides is 1. The van der Waals surface area contributed by atoms with E-state index in [0.29, 0.717) is 5.69 Å². The van der Waals surface area contributed by atoms with E-state index >= 15 is 0 Å². The van der Waals surface area contributed by atoms with Crippen LogP contribution in [0, 0.1) is 0 Å². The number of phenols is 1. The van der Waals surface area contributed by atoms with Crippen LogP contribution in [-0.4, -0.2) is 22.0 Å². The maximum atomic E-state index is 11.9. The van der Waals surface area contributed by atoms with Gasteiger partial charge in [0.25, 0.3) is 0 Å². The van der Waals surface area contributed by atoms with Crippen LogP contribution in [0.25, 0.3) is 0 Å². The maximum Gasteiger partial charge on any atom is 0.237 e. The van der Waals surface area contributed by atoms with Crippen molar-refractivity contribution in [2.75, 3.05) is 11.1 Å². The predicted molar refractivity (Wildman–Crippen MR) is 66.8 cm³/mol. The van der Waals surface area contributed by atoms with E-state index in [4.69, 9.17) is 0 Å². The van der Waals surface area contributed by atoms with Crippen molar-refractivity contribution >= 4 is 23.4 Å². The molecule has 0 aliphatic carbocycles. The Balaban J connectivity index is 1.96. The molecule has 1 aromatic carbocycles. The average Bonchev–Trinajstić information content (AvgIpc) is 2.30. The first-order valence-corrected chi connectivity index (χ1v) is 6.52. The molecular formula is C12H15NO2S. The van der Waals surface area contributed by atoms with Crippen LogP contribution < -0.4 is 5.32 Å². The average molecular weight is 237 g/mol. The molecule has 1 atom stereocenters. The number of benzene rings is 1. The first-order chi connectivity index (χ1) is 7.75. The van der Waals surface area contributed by atoms with Crippen LogP contribution >= 0.6 is 11.8 Å². The van der Waals surface area contributed by atoms with Crippen molar-refractivity contribution in [3.8, 4) is 5.75 Å². The molecule has 86 valence electrons. The Bertz CT molecular complexity index is 375. The van der Waals surface area contributed by atoms with Crippen molar-refractivity contribution in [3.05, 3.63) is 24.3 Å². The minimum atomic E-state index is 0.0512. The summed E-state index contributed by atoms with van der Waals surface area (Å²) in [5.74, 6) is 1.29. The maximum absolute atomic E-state index is 11.9. The molecule has 0 radical (unpaired) electrons. The summed E-state index contributed by atoms with van der Waals surface area (Å²) >= 11 is 1.72. The van der Waals surface area contributed by atoms with Gasteiger partial charge >= 0.3 is 0 Å². The molecular weight excluding hydrogens is 222 g/mol. The second-order valence-electron chi connectivity index (χ2n) is 3.89. The molecule has 2 rings (SSSR count). The molecule has 3 nitrogen and oxygen atoms in total. The Morgan fingerprint density at radius 2 is 2.31 bits per heavy atom. The van der Waals surface area contributed by atoms with Crippen LogP contribution in [0.1, 0.15) is 19.3 Å². The van der Waals surface area contributed by atoms with Gasteiger partial charge in [-0.1, -0.05) is 12.5 Å². The highest BCUT2D eigenvalue weighted by Gasteiger charge is 2.21. The summed E-state index contributed by atoms with van der Waals surface area (Å²) in [4.78, 5) is 11.9. The molecule has 1 unspecified atom stereocenters. The zero-order valence-electron chi connectivity index (χ0n) is 8.98. The highest BCUT2D eigenvalue weighted by molar-refractivity contribution is 8.00. The SMILES string of the molecule is O=C(Nc1cccc(O)c1)C1CCCCS1. The van der Waals surface area contributed by atoms with E-state index in [1.807, 2.05) is 0 Å². The second-order valence-corrected chi connectivity index (χ2v) is 5.21. The summed E-state index contributed by atoms with van der Waals surface area (Å²) in [6.07, 6.45) is 3.29. The fourth-order valence-electron chi connectivity index (χ4n) is 1.75. The molecule has 1 heterocycles. The summed E-state index contributed by atoms with van der Waals surface area (Å²) < 4.78 is 0. The van der Waals surface area contributed by atoms with E-state index < -0.39 is 0 Å². The molecule has 1 aliphatic heterocycles. The quantitative estimate of drug-likeness (QED) is 0.831. The topological polar surface area (TPSA) is 49.3 Å². The summed E-state index contributed by atoms with van der Waals surface area (Å²) in [6, 6.07) is 6.65. The molecule has 1 aromatic rings. The number of rotatable bonds is 2. The lowest BCUT2D eigenvalue weighted by atomic mass is 10.2. The Labute approximate surface area is 99.2 Å². The molecule has 0 saturated carbocycles. The molecule has 1 fully saturated rings. The molecule has 0 aromatic heterocycles. The number of aromatic hydroxyl groups is 1. The lowest BCUT2D eigenvalue weighted by Crippen LogP contribution is -2.27. The van der Waals surface area contributed by atoms with Gasteiger partial charge in [0.05, 0.1) is 5.25 Å². The molecule has 2 N–H and O–H groups in total. The van der Waals surface area contributed by atoms with Crippen molar-refractivity contribution in [2.24, 2.45) is 0 Å². The minimum Gasteiger partial charge on any atom is -0.508 e. The number of anilines is 1. The summed E-state index contributed by atoms with van der Waals surface area (Å²) in [7, 11) is 0. The molecule has 16 heavy (non-hydrogen) atoms. The monoisotopic (exact) mass is 237 g/mol. The Kier molecular flexibility index (Phi) is 3.72. The Morgan fingerprint density at radius 3 is 3.00 bits per heavy atom. The number of carbonyl (C=O) groups excluding carboxylic acids is 1. The molecule has 1 amide bonds.